The van der Waals surface area contributed by atoms with E-state index < -0.39 is 4.93 Å². The van der Waals surface area contributed by atoms with E-state index in [0.717, 1.165) is 0 Å². The lowest BCUT2D eigenvalue weighted by Crippen LogP contribution is -2.35. The molecule has 3 N–H and O–H groups in total. The van der Waals surface area contributed by atoms with Crippen molar-refractivity contribution in [1.82, 2.24) is 16.0 Å². The molecule has 0 spiro atoms. The third-order valence-electron chi connectivity index (χ3n) is 4.66. The lowest BCUT2D eigenvalue weighted by Gasteiger charge is -2.31. The first-order valence-electron chi connectivity index (χ1n) is 13.4. The van der Waals surface area contributed by atoms with E-state index in [1.165, 1.54) is 0 Å². The van der Waals surface area contributed by atoms with Gasteiger partial charge in [-0.3, -0.25) is 9.59 Å². The molecule has 0 aliphatic heterocycles. The number of benzene rings is 1. The van der Waals surface area contributed by atoms with Gasteiger partial charge in [-0.05, 0) is 25.1 Å². The first-order valence-corrected chi connectivity index (χ1v) is 15.5. The molecule has 0 saturated carbocycles. The molecule has 1 aromatic rings. The second-order valence-corrected chi connectivity index (χ2v) is 14.2. The van der Waals surface area contributed by atoms with Gasteiger partial charge in [0.05, 0.1) is 19.8 Å². The van der Waals surface area contributed by atoms with Crippen LogP contribution in [0.1, 0.15) is 65.7 Å². The van der Waals surface area contributed by atoms with Crippen LogP contribution in [0.25, 0.3) is 0 Å². The lowest BCUT2D eigenvalue weighted by atomic mass is 10.2. The highest BCUT2D eigenvalue weighted by molar-refractivity contribution is 8.77. The van der Waals surface area contributed by atoms with Gasteiger partial charge in [-0.1, -0.05) is 88.0 Å². The number of rotatable bonds is 17. The summed E-state index contributed by atoms with van der Waals surface area (Å²) in [7, 11) is 3.29. The standard InChI is InChI=1S/C29H47N3O5S2/c1-22(2)11-10-14-31-26(33)20-35-17-18-37-29(8,39-38-28(5,6)7)21-36-25-13-9-12-24(19-25)27(34)32-16-15-30-23(3)4/h9,12-13,19,22-23,30H,14-18,20-21H2,1-8H3,(H,31,33)(H,32,34). The van der Waals surface area contributed by atoms with E-state index in [1.54, 1.807) is 39.8 Å². The van der Waals surface area contributed by atoms with Gasteiger partial charge >= 0.3 is 0 Å². The van der Waals surface area contributed by atoms with E-state index in [1.807, 2.05) is 26.8 Å². The number of carbonyl (C=O) groups is 2. The second kappa shape index (κ2) is 18.4. The minimum atomic E-state index is -0.684. The first-order chi connectivity index (χ1) is 18.3. The molecule has 220 valence electrons. The molecule has 1 unspecified atom stereocenters. The summed E-state index contributed by atoms with van der Waals surface area (Å²) in [5.41, 5.74) is 0.540. The van der Waals surface area contributed by atoms with Crippen LogP contribution in [-0.2, 0) is 14.3 Å². The number of hydrogen-bond acceptors (Lipinski definition) is 8. The van der Waals surface area contributed by atoms with Gasteiger partial charge in [0.25, 0.3) is 5.91 Å². The van der Waals surface area contributed by atoms with Gasteiger partial charge in [0, 0.05) is 35.4 Å². The highest BCUT2D eigenvalue weighted by Gasteiger charge is 2.30. The molecule has 1 aromatic carbocycles. The van der Waals surface area contributed by atoms with Crippen molar-refractivity contribution in [1.29, 1.82) is 0 Å². The van der Waals surface area contributed by atoms with E-state index in [9.17, 15) is 9.59 Å². The van der Waals surface area contributed by atoms with Crippen molar-refractivity contribution in [2.24, 2.45) is 5.92 Å². The Morgan fingerprint density at radius 3 is 2.41 bits per heavy atom. The predicted molar refractivity (Wildman–Crippen MR) is 163 cm³/mol. The van der Waals surface area contributed by atoms with Gasteiger partial charge in [-0.25, -0.2) is 0 Å². The molecule has 0 radical (unpaired) electrons. The average molecular weight is 582 g/mol. The summed E-state index contributed by atoms with van der Waals surface area (Å²) < 4.78 is 17.7. The summed E-state index contributed by atoms with van der Waals surface area (Å²) in [4.78, 5) is 23.7. The monoisotopic (exact) mass is 581 g/mol. The Balaban J connectivity index is 2.60. The Morgan fingerprint density at radius 2 is 1.74 bits per heavy atom. The summed E-state index contributed by atoms with van der Waals surface area (Å²) in [6, 6.07) is 7.50. The molecule has 0 aliphatic carbocycles. The Hall–Kier alpha value is -1.90. The summed E-state index contributed by atoms with van der Waals surface area (Å²) in [5.74, 6) is 6.42. The zero-order valence-electron chi connectivity index (χ0n) is 24.8. The Labute approximate surface area is 243 Å². The van der Waals surface area contributed by atoms with Crippen LogP contribution in [0.5, 0.6) is 5.75 Å². The number of carbonyl (C=O) groups excluding carboxylic acids is 2. The topological polar surface area (TPSA) is 97.9 Å². The smallest absolute Gasteiger partial charge is 0.251 e. The fourth-order valence-electron chi connectivity index (χ4n) is 2.81. The van der Waals surface area contributed by atoms with Crippen molar-refractivity contribution >= 4 is 33.4 Å². The average Bonchev–Trinajstić information content (AvgIpc) is 2.86. The summed E-state index contributed by atoms with van der Waals surface area (Å²) in [6.07, 6.45) is 0. The zero-order chi connectivity index (χ0) is 29.3. The molecular weight excluding hydrogens is 534 g/mol. The molecule has 10 heteroatoms. The Morgan fingerprint density at radius 1 is 1.00 bits per heavy atom. The van der Waals surface area contributed by atoms with Gasteiger partial charge < -0.3 is 30.2 Å². The maximum absolute atomic E-state index is 12.5. The van der Waals surface area contributed by atoms with Crippen LogP contribution >= 0.6 is 21.6 Å². The normalized spacial score (nSPS) is 13.0. The largest absolute Gasteiger partial charge is 0.490 e. The van der Waals surface area contributed by atoms with Crippen LogP contribution in [0.4, 0.5) is 0 Å². The van der Waals surface area contributed by atoms with Gasteiger partial charge in [-0.15, -0.1) is 0 Å². The molecule has 39 heavy (non-hydrogen) atoms. The predicted octanol–water partition coefficient (Wildman–Crippen LogP) is 4.50. The Kier molecular flexibility index (Phi) is 16.6. The van der Waals surface area contributed by atoms with Gasteiger partial charge in [0.1, 0.15) is 19.0 Å². The molecule has 0 fully saturated rings. The van der Waals surface area contributed by atoms with Crippen molar-refractivity contribution in [2.45, 2.75) is 71.1 Å². The van der Waals surface area contributed by atoms with E-state index in [2.05, 4.69) is 62.4 Å². The first kappa shape index (κ1) is 35.1. The SMILES string of the molecule is CC(C)C#CCNC(=O)COCCOC(C)(COc1cccc(C(=O)NCCNC(C)C)c1)SSC(C)(C)C. The molecule has 0 saturated heterocycles. The highest BCUT2D eigenvalue weighted by Crippen LogP contribution is 2.44. The van der Waals surface area contributed by atoms with E-state index in [4.69, 9.17) is 14.2 Å². The molecule has 1 rings (SSSR count). The number of nitrogens with one attached hydrogen (secondary N) is 3. The zero-order valence-corrected chi connectivity index (χ0v) is 26.4. The van der Waals surface area contributed by atoms with Crippen molar-refractivity contribution in [3.8, 4) is 17.6 Å². The molecule has 8 nitrogen and oxygen atoms in total. The van der Waals surface area contributed by atoms with Crippen LogP contribution in [0.15, 0.2) is 24.3 Å². The van der Waals surface area contributed by atoms with Gasteiger partial charge in [0.15, 0.2) is 4.93 Å². The minimum Gasteiger partial charge on any atom is -0.490 e. The molecule has 0 aromatic heterocycles. The lowest BCUT2D eigenvalue weighted by molar-refractivity contribution is -0.126. The van der Waals surface area contributed by atoms with Crippen LogP contribution < -0.4 is 20.7 Å². The molecule has 1 atom stereocenters. The van der Waals surface area contributed by atoms with Crippen LogP contribution in [0.3, 0.4) is 0 Å². The quantitative estimate of drug-likeness (QED) is 0.107. The van der Waals surface area contributed by atoms with Gasteiger partial charge in [0.2, 0.25) is 5.91 Å². The van der Waals surface area contributed by atoms with Crippen LogP contribution in [0, 0.1) is 17.8 Å². The highest BCUT2D eigenvalue weighted by atomic mass is 33.1. The third-order valence-corrected chi connectivity index (χ3v) is 8.64. The minimum absolute atomic E-state index is 0.0186. The number of hydrogen-bond donors (Lipinski definition) is 3. The molecule has 2 amide bonds. The van der Waals surface area contributed by atoms with Crippen molar-refractivity contribution in [2.75, 3.05) is 46.1 Å². The van der Waals surface area contributed by atoms with Gasteiger partial charge in [-0.2, -0.15) is 0 Å². The maximum Gasteiger partial charge on any atom is 0.251 e. The van der Waals surface area contributed by atoms with Crippen molar-refractivity contribution in [3.63, 3.8) is 0 Å². The number of amides is 2. The second-order valence-electron chi connectivity index (χ2n) is 10.7. The van der Waals surface area contributed by atoms with E-state index >= 15 is 0 Å². The fourth-order valence-corrected chi connectivity index (χ4v) is 5.05. The molecule has 0 aliphatic rings. The van der Waals surface area contributed by atoms with Crippen molar-refractivity contribution < 1.29 is 23.8 Å². The summed E-state index contributed by atoms with van der Waals surface area (Å²) in [6.45, 7) is 18.8. The number of ether oxygens (including phenoxy) is 3. The van der Waals surface area contributed by atoms with E-state index in [-0.39, 0.29) is 42.3 Å². The van der Waals surface area contributed by atoms with Crippen LogP contribution in [0.2, 0.25) is 0 Å². The van der Waals surface area contributed by atoms with Crippen LogP contribution in [-0.4, -0.2) is 73.6 Å². The third kappa shape index (κ3) is 18.1. The maximum atomic E-state index is 12.5. The van der Waals surface area contributed by atoms with Crippen molar-refractivity contribution in [3.05, 3.63) is 29.8 Å². The summed E-state index contributed by atoms with van der Waals surface area (Å²) in [5, 5.41) is 8.91. The molecular formula is C29H47N3O5S2. The fraction of sp³-hybridized carbons (Fsp3) is 0.655. The summed E-state index contributed by atoms with van der Waals surface area (Å²) >= 11 is 0. The van der Waals surface area contributed by atoms with E-state index in [0.29, 0.717) is 43.6 Å². The molecule has 0 bridgehead atoms. The molecule has 0 heterocycles. The Bertz CT molecular complexity index is 941.